The van der Waals surface area contributed by atoms with Crippen molar-refractivity contribution in [3.63, 3.8) is 0 Å². The zero-order valence-corrected chi connectivity index (χ0v) is 19.6. The van der Waals surface area contributed by atoms with Crippen LogP contribution in [-0.2, 0) is 22.9 Å². The van der Waals surface area contributed by atoms with Gasteiger partial charge >= 0.3 is 0 Å². The molecule has 3 aromatic carbocycles. The monoisotopic (exact) mass is 473 g/mol. The number of aromatic nitrogens is 2. The standard InChI is InChI=1S/C27H27N3O3S/c31-34(32,24-16-8-3-9-17-24)30-20-23(22-14-6-2-7-15-22)19-25(30)27-28-26(29-33-27)18-10-13-21-11-4-1-5-12-21/h1-9,11-12,14-17,23,25H,10,13,18-20H2/t23-,25-/m0/s1. The molecule has 0 saturated carbocycles. The van der Waals surface area contributed by atoms with E-state index in [9.17, 15) is 8.42 Å². The summed E-state index contributed by atoms with van der Waals surface area (Å²) in [6.07, 6.45) is 3.10. The normalized spacial score (nSPS) is 18.8. The molecule has 0 bridgehead atoms. The largest absolute Gasteiger partial charge is 0.338 e. The quantitative estimate of drug-likeness (QED) is 0.353. The van der Waals surface area contributed by atoms with Gasteiger partial charge in [0.15, 0.2) is 5.82 Å². The van der Waals surface area contributed by atoms with Crippen LogP contribution in [0.5, 0.6) is 0 Å². The van der Waals surface area contributed by atoms with Gasteiger partial charge in [-0.1, -0.05) is 84.0 Å². The van der Waals surface area contributed by atoms with Crippen molar-refractivity contribution < 1.29 is 12.9 Å². The summed E-state index contributed by atoms with van der Waals surface area (Å²) in [5, 5.41) is 4.17. The molecule has 1 aliphatic rings. The van der Waals surface area contributed by atoms with E-state index in [0.717, 1.165) is 18.4 Å². The molecule has 0 radical (unpaired) electrons. The number of sulfonamides is 1. The highest BCUT2D eigenvalue weighted by Gasteiger charge is 2.44. The van der Waals surface area contributed by atoms with Gasteiger partial charge in [0.25, 0.3) is 0 Å². The first-order valence-corrected chi connectivity index (χ1v) is 13.0. The van der Waals surface area contributed by atoms with Crippen LogP contribution in [-0.4, -0.2) is 29.4 Å². The molecular weight excluding hydrogens is 446 g/mol. The van der Waals surface area contributed by atoms with Gasteiger partial charge < -0.3 is 4.52 Å². The highest BCUT2D eigenvalue weighted by atomic mass is 32.2. The lowest BCUT2D eigenvalue weighted by molar-refractivity contribution is 0.289. The van der Waals surface area contributed by atoms with Gasteiger partial charge in [-0.3, -0.25) is 0 Å². The molecule has 4 aromatic rings. The average molecular weight is 474 g/mol. The third-order valence-electron chi connectivity index (χ3n) is 6.35. The Balaban J connectivity index is 1.37. The van der Waals surface area contributed by atoms with Crippen LogP contribution in [0, 0.1) is 0 Å². The highest BCUT2D eigenvalue weighted by Crippen LogP contribution is 2.43. The molecule has 34 heavy (non-hydrogen) atoms. The number of nitrogens with zero attached hydrogens (tertiary/aromatic N) is 3. The Morgan fingerprint density at radius 1 is 0.853 bits per heavy atom. The molecule has 0 aliphatic carbocycles. The Kier molecular flexibility index (Phi) is 6.56. The molecule has 5 rings (SSSR count). The van der Waals surface area contributed by atoms with Crippen molar-refractivity contribution >= 4 is 10.0 Å². The molecule has 2 heterocycles. The molecule has 0 spiro atoms. The molecule has 7 heteroatoms. The van der Waals surface area contributed by atoms with Crippen LogP contribution in [0.3, 0.4) is 0 Å². The van der Waals surface area contributed by atoms with Gasteiger partial charge in [-0.25, -0.2) is 8.42 Å². The van der Waals surface area contributed by atoms with E-state index < -0.39 is 16.1 Å². The Bertz CT molecular complexity index is 1310. The topological polar surface area (TPSA) is 76.3 Å². The third-order valence-corrected chi connectivity index (χ3v) is 8.24. The second kappa shape index (κ2) is 9.91. The first-order chi connectivity index (χ1) is 16.6. The Labute approximate surface area is 200 Å². The molecule has 0 amide bonds. The summed E-state index contributed by atoms with van der Waals surface area (Å²) in [5.74, 6) is 1.04. The molecule has 1 aliphatic heterocycles. The summed E-state index contributed by atoms with van der Waals surface area (Å²) in [5.41, 5.74) is 2.38. The molecule has 1 fully saturated rings. The lowest BCUT2D eigenvalue weighted by Gasteiger charge is -2.21. The van der Waals surface area contributed by atoms with E-state index >= 15 is 0 Å². The molecule has 0 N–H and O–H groups in total. The molecule has 1 saturated heterocycles. The van der Waals surface area contributed by atoms with Gasteiger partial charge in [0.1, 0.15) is 6.04 Å². The van der Waals surface area contributed by atoms with E-state index in [0.29, 0.717) is 31.1 Å². The van der Waals surface area contributed by atoms with Crippen LogP contribution < -0.4 is 0 Å². The third kappa shape index (κ3) is 4.81. The predicted octanol–water partition coefficient (Wildman–Crippen LogP) is 5.16. The zero-order valence-electron chi connectivity index (χ0n) is 18.8. The minimum atomic E-state index is -3.72. The summed E-state index contributed by atoms with van der Waals surface area (Å²) < 4.78 is 34.3. The second-order valence-corrected chi connectivity index (χ2v) is 10.5. The van der Waals surface area contributed by atoms with Crippen molar-refractivity contribution in [2.75, 3.05) is 6.54 Å². The van der Waals surface area contributed by atoms with Crippen LogP contribution in [0.1, 0.15) is 47.6 Å². The van der Waals surface area contributed by atoms with E-state index in [4.69, 9.17) is 4.52 Å². The summed E-state index contributed by atoms with van der Waals surface area (Å²) >= 11 is 0. The SMILES string of the molecule is O=S(=O)(c1ccccc1)N1C[C@@H](c2ccccc2)C[C@H]1c1nc(CCCc2ccccc2)no1. The first kappa shape index (κ1) is 22.5. The van der Waals surface area contributed by atoms with Crippen molar-refractivity contribution in [3.05, 3.63) is 114 Å². The smallest absolute Gasteiger partial charge is 0.245 e. The molecule has 174 valence electrons. The molecule has 1 aromatic heterocycles. The number of rotatable bonds is 8. The molecule has 0 unspecified atom stereocenters. The maximum absolute atomic E-state index is 13.6. The van der Waals surface area contributed by atoms with E-state index in [-0.39, 0.29) is 10.8 Å². The maximum atomic E-state index is 13.6. The molecule has 2 atom stereocenters. The molecular formula is C27H27N3O3S. The van der Waals surface area contributed by atoms with Gasteiger partial charge in [-0.05, 0) is 48.4 Å². The van der Waals surface area contributed by atoms with Crippen molar-refractivity contribution in [2.45, 2.75) is 42.5 Å². The van der Waals surface area contributed by atoms with Gasteiger partial charge in [0.2, 0.25) is 15.9 Å². The van der Waals surface area contributed by atoms with Crippen LogP contribution in [0.25, 0.3) is 0 Å². The minimum Gasteiger partial charge on any atom is -0.338 e. The summed E-state index contributed by atoms with van der Waals surface area (Å²) in [7, 11) is -3.72. The fourth-order valence-corrected chi connectivity index (χ4v) is 6.25. The van der Waals surface area contributed by atoms with E-state index in [1.807, 2.05) is 54.6 Å². The van der Waals surface area contributed by atoms with Gasteiger partial charge in [0, 0.05) is 13.0 Å². The number of hydrogen-bond donors (Lipinski definition) is 0. The van der Waals surface area contributed by atoms with Crippen molar-refractivity contribution in [3.8, 4) is 0 Å². The summed E-state index contributed by atoms with van der Waals surface area (Å²) in [6, 6.07) is 28.4. The number of hydrogen-bond acceptors (Lipinski definition) is 5. The van der Waals surface area contributed by atoms with Gasteiger partial charge in [-0.2, -0.15) is 9.29 Å². The minimum absolute atomic E-state index is 0.0538. The Hall–Kier alpha value is -3.29. The van der Waals surface area contributed by atoms with E-state index in [1.54, 1.807) is 24.3 Å². The number of aryl methyl sites for hydroxylation is 2. The van der Waals surface area contributed by atoms with Crippen molar-refractivity contribution in [1.82, 2.24) is 14.4 Å². The van der Waals surface area contributed by atoms with Gasteiger partial charge in [0.05, 0.1) is 4.90 Å². The van der Waals surface area contributed by atoms with Crippen LogP contribution in [0.15, 0.2) is 100 Å². The fourth-order valence-electron chi connectivity index (χ4n) is 4.59. The highest BCUT2D eigenvalue weighted by molar-refractivity contribution is 7.89. The summed E-state index contributed by atoms with van der Waals surface area (Å²) in [6.45, 7) is 0.373. The fraction of sp³-hybridized carbons (Fsp3) is 0.259. The Morgan fingerprint density at radius 3 is 2.21 bits per heavy atom. The zero-order chi connectivity index (χ0) is 23.4. The lowest BCUT2D eigenvalue weighted by atomic mass is 9.96. The maximum Gasteiger partial charge on any atom is 0.245 e. The average Bonchev–Trinajstić information content (AvgIpc) is 3.54. The Morgan fingerprint density at radius 2 is 1.50 bits per heavy atom. The van der Waals surface area contributed by atoms with Crippen LogP contribution in [0.2, 0.25) is 0 Å². The summed E-state index contributed by atoms with van der Waals surface area (Å²) in [4.78, 5) is 4.90. The number of benzene rings is 3. The second-order valence-electron chi connectivity index (χ2n) is 8.63. The van der Waals surface area contributed by atoms with Gasteiger partial charge in [-0.15, -0.1) is 0 Å². The lowest BCUT2D eigenvalue weighted by Crippen LogP contribution is -2.31. The van der Waals surface area contributed by atoms with Crippen molar-refractivity contribution in [2.24, 2.45) is 0 Å². The van der Waals surface area contributed by atoms with Crippen LogP contribution >= 0.6 is 0 Å². The van der Waals surface area contributed by atoms with Crippen LogP contribution in [0.4, 0.5) is 0 Å². The first-order valence-electron chi connectivity index (χ1n) is 11.6. The predicted molar refractivity (Wildman–Crippen MR) is 130 cm³/mol. The van der Waals surface area contributed by atoms with E-state index in [1.165, 1.54) is 9.87 Å². The van der Waals surface area contributed by atoms with E-state index in [2.05, 4.69) is 22.3 Å². The van der Waals surface area contributed by atoms with Crippen molar-refractivity contribution in [1.29, 1.82) is 0 Å². The molecule has 6 nitrogen and oxygen atoms in total.